The Balaban J connectivity index is 1.57. The van der Waals surface area contributed by atoms with Crippen LogP contribution in [0.5, 0.6) is 5.75 Å². The van der Waals surface area contributed by atoms with Crippen molar-refractivity contribution in [1.29, 1.82) is 0 Å². The summed E-state index contributed by atoms with van der Waals surface area (Å²) in [5, 5.41) is 7.87. The maximum absolute atomic E-state index is 13.3. The van der Waals surface area contributed by atoms with Crippen LogP contribution in [0.25, 0.3) is 0 Å². The van der Waals surface area contributed by atoms with E-state index in [4.69, 9.17) is 33.0 Å². The van der Waals surface area contributed by atoms with E-state index in [1.807, 2.05) is 67.6 Å². The van der Waals surface area contributed by atoms with Crippen LogP contribution in [-0.2, 0) is 0 Å². The predicted octanol–water partition coefficient (Wildman–Crippen LogP) is 6.05. The highest BCUT2D eigenvalue weighted by molar-refractivity contribution is 6.31. The van der Waals surface area contributed by atoms with E-state index >= 15 is 0 Å². The Morgan fingerprint density at radius 1 is 1.00 bits per heavy atom. The molecule has 0 bridgehead atoms. The minimum Gasteiger partial charge on any atom is -0.461 e. The lowest BCUT2D eigenvalue weighted by Gasteiger charge is -2.37. The molecule has 2 aliphatic heterocycles. The molecule has 2 heterocycles. The first-order valence-corrected chi connectivity index (χ1v) is 10.4. The molecule has 0 saturated carbocycles. The summed E-state index contributed by atoms with van der Waals surface area (Å²) in [4.78, 5) is 13.3. The summed E-state index contributed by atoms with van der Waals surface area (Å²) < 4.78 is 6.14. The summed E-state index contributed by atoms with van der Waals surface area (Å²) in [5.41, 5.74) is 4.48. The minimum absolute atomic E-state index is 0.123. The van der Waals surface area contributed by atoms with E-state index in [9.17, 15) is 4.79 Å². The Bertz CT molecular complexity index is 1160. The van der Waals surface area contributed by atoms with Gasteiger partial charge in [-0.25, -0.2) is 5.01 Å². The van der Waals surface area contributed by atoms with E-state index in [0.717, 1.165) is 22.4 Å². The van der Waals surface area contributed by atoms with Gasteiger partial charge in [0, 0.05) is 27.6 Å². The summed E-state index contributed by atoms with van der Waals surface area (Å²) in [6, 6.07) is 20.4. The Morgan fingerprint density at radius 3 is 2.43 bits per heavy atom. The zero-order valence-corrected chi connectivity index (χ0v) is 17.7. The van der Waals surface area contributed by atoms with Crippen LogP contribution in [0.3, 0.4) is 0 Å². The number of nitrogens with zero attached hydrogens (tertiary/aromatic N) is 2. The van der Waals surface area contributed by atoms with E-state index in [1.54, 1.807) is 11.1 Å². The predicted molar refractivity (Wildman–Crippen MR) is 119 cm³/mol. The minimum atomic E-state index is -0.837. The second kappa shape index (κ2) is 7.46. The van der Waals surface area contributed by atoms with E-state index in [1.165, 1.54) is 0 Å². The quantitative estimate of drug-likeness (QED) is 0.468. The molecule has 150 valence electrons. The molecule has 0 spiro atoms. The monoisotopic (exact) mass is 436 g/mol. The maximum atomic E-state index is 13.3. The highest BCUT2D eigenvalue weighted by atomic mass is 35.5. The smallest absolute Gasteiger partial charge is 0.251 e. The van der Waals surface area contributed by atoms with Gasteiger partial charge < -0.3 is 4.74 Å². The molecule has 3 aromatic carbocycles. The van der Waals surface area contributed by atoms with Crippen LogP contribution >= 0.6 is 23.2 Å². The van der Waals surface area contributed by atoms with Gasteiger partial charge in [0.25, 0.3) is 6.23 Å². The molecular weight excluding hydrogens is 419 g/mol. The Labute approximate surface area is 184 Å². The normalized spacial score (nSPS) is 19.6. The first-order chi connectivity index (χ1) is 14.5. The van der Waals surface area contributed by atoms with Crippen molar-refractivity contribution in [1.82, 2.24) is 5.01 Å². The number of hydrogen-bond acceptors (Lipinski definition) is 4. The molecule has 0 radical (unpaired) electrons. The lowest BCUT2D eigenvalue weighted by molar-refractivity contribution is -0.00455. The van der Waals surface area contributed by atoms with Crippen molar-refractivity contribution in [2.45, 2.75) is 25.6 Å². The average Bonchev–Trinajstić information content (AvgIpc) is 3.19. The number of carbonyl (C=O) groups is 1. The number of ether oxygens (including phenoxy) is 1. The first kappa shape index (κ1) is 19.2. The van der Waals surface area contributed by atoms with Crippen LogP contribution in [0.15, 0.2) is 71.8 Å². The third-order valence-corrected chi connectivity index (χ3v) is 5.98. The molecule has 0 amide bonds. The Morgan fingerprint density at radius 2 is 1.70 bits per heavy atom. The lowest BCUT2D eigenvalue weighted by atomic mass is 9.95. The molecule has 0 aliphatic carbocycles. The van der Waals surface area contributed by atoms with Crippen LogP contribution < -0.4 is 4.74 Å². The van der Waals surface area contributed by atoms with Crippen molar-refractivity contribution in [2.24, 2.45) is 5.10 Å². The molecule has 2 aliphatic rings. The Kier molecular flexibility index (Phi) is 4.76. The number of rotatable bonds is 3. The number of benzene rings is 3. The number of ketones is 1. The summed E-state index contributed by atoms with van der Waals surface area (Å²) in [6.45, 7) is 1.99. The van der Waals surface area contributed by atoms with Crippen molar-refractivity contribution in [2.75, 3.05) is 0 Å². The number of hydrogen-bond donors (Lipinski definition) is 0. The number of Topliss-reactive ketones (excluding diaryl/α,β-unsaturated/α-hetero) is 1. The highest BCUT2D eigenvalue weighted by Gasteiger charge is 2.43. The van der Waals surface area contributed by atoms with Gasteiger partial charge in [0.2, 0.25) is 5.78 Å². The molecule has 6 heteroatoms. The van der Waals surface area contributed by atoms with E-state index in [-0.39, 0.29) is 11.8 Å². The van der Waals surface area contributed by atoms with Crippen molar-refractivity contribution in [3.8, 4) is 5.75 Å². The van der Waals surface area contributed by atoms with Crippen molar-refractivity contribution in [3.05, 3.63) is 99.0 Å². The van der Waals surface area contributed by atoms with Crippen molar-refractivity contribution < 1.29 is 9.53 Å². The standard InChI is InChI=1S/C24H18Cl2N2O2/c1-14-2-4-16(5-3-14)23(29)24-28-21(19-12-18(26)10-11-22(19)30-24)13-20(27-28)15-6-8-17(25)9-7-15/h2-12,21,24H,13H2,1H3/t21-,24-/m0/s1. The molecule has 0 aromatic heterocycles. The molecule has 0 saturated heterocycles. The molecule has 0 fully saturated rings. The molecule has 0 unspecified atom stereocenters. The van der Waals surface area contributed by atoms with E-state index in [2.05, 4.69) is 0 Å². The summed E-state index contributed by atoms with van der Waals surface area (Å²) >= 11 is 12.3. The van der Waals surface area contributed by atoms with Crippen molar-refractivity contribution >= 4 is 34.7 Å². The number of aryl methyl sites for hydroxylation is 1. The molecule has 4 nitrogen and oxygen atoms in total. The van der Waals surface area contributed by atoms with Gasteiger partial charge in [0.05, 0.1) is 11.8 Å². The second-order valence-electron chi connectivity index (χ2n) is 7.54. The van der Waals surface area contributed by atoms with Crippen LogP contribution in [0.1, 0.15) is 39.5 Å². The molecule has 0 N–H and O–H groups in total. The fraction of sp³-hybridized carbons (Fsp3) is 0.167. The van der Waals surface area contributed by atoms with Gasteiger partial charge in [-0.15, -0.1) is 0 Å². The zero-order chi connectivity index (χ0) is 20.8. The second-order valence-corrected chi connectivity index (χ2v) is 8.41. The molecular formula is C24H18Cl2N2O2. The molecule has 2 atom stereocenters. The fourth-order valence-corrected chi connectivity index (χ4v) is 4.21. The highest BCUT2D eigenvalue weighted by Crippen LogP contribution is 2.44. The third-order valence-electron chi connectivity index (χ3n) is 5.49. The topological polar surface area (TPSA) is 41.9 Å². The molecule has 30 heavy (non-hydrogen) atoms. The summed E-state index contributed by atoms with van der Waals surface area (Å²) in [7, 11) is 0. The summed E-state index contributed by atoms with van der Waals surface area (Å²) in [6.07, 6.45) is -0.188. The maximum Gasteiger partial charge on any atom is 0.251 e. The van der Waals surface area contributed by atoms with Gasteiger partial charge in [-0.05, 0) is 42.8 Å². The fourth-order valence-electron chi connectivity index (χ4n) is 3.91. The molecule has 5 rings (SSSR count). The van der Waals surface area contributed by atoms with Gasteiger partial charge in [0.15, 0.2) is 0 Å². The first-order valence-electron chi connectivity index (χ1n) is 9.68. The average molecular weight is 437 g/mol. The van der Waals surface area contributed by atoms with E-state index in [0.29, 0.717) is 27.8 Å². The zero-order valence-electron chi connectivity index (χ0n) is 16.2. The van der Waals surface area contributed by atoms with Gasteiger partial charge in [-0.1, -0.05) is 65.2 Å². The third kappa shape index (κ3) is 3.36. The SMILES string of the molecule is Cc1ccc(C(=O)[C@@H]2Oc3ccc(Cl)cc3[C@@H]3CC(c4ccc(Cl)cc4)=NN23)cc1. The number of halogens is 2. The Hall–Kier alpha value is -2.82. The van der Waals surface area contributed by atoms with Gasteiger partial charge in [-0.3, -0.25) is 4.79 Å². The summed E-state index contributed by atoms with van der Waals surface area (Å²) in [5.74, 6) is 0.542. The van der Waals surface area contributed by atoms with Gasteiger partial charge in [0.1, 0.15) is 5.75 Å². The van der Waals surface area contributed by atoms with Crippen LogP contribution in [-0.4, -0.2) is 22.7 Å². The number of carbonyl (C=O) groups excluding carboxylic acids is 1. The van der Waals surface area contributed by atoms with Crippen molar-refractivity contribution in [3.63, 3.8) is 0 Å². The van der Waals surface area contributed by atoms with Crippen LogP contribution in [0.2, 0.25) is 10.0 Å². The lowest BCUT2D eigenvalue weighted by Crippen LogP contribution is -2.45. The number of hydrazone groups is 1. The molecule has 3 aromatic rings. The van der Waals surface area contributed by atoms with Gasteiger partial charge in [-0.2, -0.15) is 5.10 Å². The number of fused-ring (bicyclic) bond motifs is 3. The van der Waals surface area contributed by atoms with Crippen LogP contribution in [0, 0.1) is 6.92 Å². The van der Waals surface area contributed by atoms with E-state index < -0.39 is 6.23 Å². The largest absolute Gasteiger partial charge is 0.461 e. The van der Waals surface area contributed by atoms with Crippen LogP contribution in [0.4, 0.5) is 0 Å². The van der Waals surface area contributed by atoms with Gasteiger partial charge >= 0.3 is 0 Å².